The minimum absolute atomic E-state index is 0.0733. The highest BCUT2D eigenvalue weighted by Crippen LogP contribution is 2.18. The van der Waals surface area contributed by atoms with E-state index < -0.39 is 6.10 Å². The first-order valence-corrected chi connectivity index (χ1v) is 35.6. The van der Waals surface area contributed by atoms with Crippen molar-refractivity contribution in [3.05, 3.63) is 85.1 Å². The monoisotopic (exact) mass is 1140 g/mol. The SMILES string of the molecule is CC/C=C\C/C=C\C/C=C\C/C=C\C/C=C\C/C=C\CCCCCCCCCCCCCCCCCCC(=O)OCC(COC(=O)CCCCCCC/C=C\CCC)OC(=O)CCCCCCCCCCCCCCCCCCCCC. The number of rotatable bonds is 65. The number of hydrogen-bond donors (Lipinski definition) is 0. The molecule has 0 aromatic carbocycles. The van der Waals surface area contributed by atoms with E-state index in [1.165, 1.54) is 212 Å². The fraction of sp³-hybridized carbons (Fsp3) is 0.776. The van der Waals surface area contributed by atoms with Crippen LogP contribution in [0.5, 0.6) is 0 Å². The van der Waals surface area contributed by atoms with Crippen molar-refractivity contribution in [2.24, 2.45) is 0 Å². The summed E-state index contributed by atoms with van der Waals surface area (Å²) in [5.74, 6) is -0.864. The Labute approximate surface area is 509 Å². The lowest BCUT2D eigenvalue weighted by Crippen LogP contribution is -2.30. The lowest BCUT2D eigenvalue weighted by Gasteiger charge is -2.18. The average molecular weight is 1140 g/mol. The van der Waals surface area contributed by atoms with E-state index in [-0.39, 0.29) is 31.1 Å². The van der Waals surface area contributed by atoms with Gasteiger partial charge in [-0.15, -0.1) is 0 Å². The summed E-state index contributed by atoms with van der Waals surface area (Å²) < 4.78 is 16.9. The Morgan fingerprint density at radius 1 is 0.256 bits per heavy atom. The van der Waals surface area contributed by atoms with Crippen LogP contribution in [0.4, 0.5) is 0 Å². The first kappa shape index (κ1) is 78.6. The molecule has 0 saturated heterocycles. The molecule has 0 N–H and O–H groups in total. The standard InChI is InChI=1S/C76H134O6/c1-4-7-10-13-16-19-22-24-26-28-30-31-32-33-34-35-36-37-38-39-40-41-42-43-44-45-47-48-50-52-54-57-60-63-66-69-75(78)81-72-73(71-80-74(77)68-65-62-59-56-21-18-15-12-9-6-3)82-76(79)70-67-64-61-58-55-53-51-49-46-29-27-25-23-20-17-14-11-8-5-2/h7,10,12,15-16,19,24,26,30-31,33-34,36-37,73H,4-6,8-9,11,13-14,17-18,20-23,25,27-29,32,35,38-72H2,1-3H3/b10-7-,15-12-,19-16-,26-24-,31-30-,34-33-,37-36-. The number of ether oxygens (including phenoxy) is 3. The van der Waals surface area contributed by atoms with E-state index in [0.717, 1.165) is 109 Å². The van der Waals surface area contributed by atoms with Gasteiger partial charge in [0.05, 0.1) is 0 Å². The van der Waals surface area contributed by atoms with E-state index in [9.17, 15) is 14.4 Å². The number of esters is 3. The Balaban J connectivity index is 4.09. The number of hydrogen-bond acceptors (Lipinski definition) is 6. The largest absolute Gasteiger partial charge is 0.462 e. The molecule has 0 spiro atoms. The summed E-state index contributed by atoms with van der Waals surface area (Å²) in [5.41, 5.74) is 0. The van der Waals surface area contributed by atoms with E-state index in [1.54, 1.807) is 0 Å². The van der Waals surface area contributed by atoms with Crippen molar-refractivity contribution in [2.45, 2.75) is 367 Å². The van der Waals surface area contributed by atoms with Crippen LogP contribution in [0.3, 0.4) is 0 Å². The molecule has 0 aliphatic heterocycles. The van der Waals surface area contributed by atoms with Gasteiger partial charge in [0.1, 0.15) is 13.2 Å². The van der Waals surface area contributed by atoms with Crippen molar-refractivity contribution in [3.8, 4) is 0 Å². The van der Waals surface area contributed by atoms with Crippen molar-refractivity contribution in [3.63, 3.8) is 0 Å². The van der Waals surface area contributed by atoms with Crippen LogP contribution < -0.4 is 0 Å². The van der Waals surface area contributed by atoms with Gasteiger partial charge < -0.3 is 14.2 Å². The average Bonchev–Trinajstić information content (AvgIpc) is 3.48. The number of unbranched alkanes of at least 4 members (excludes halogenated alkanes) is 40. The smallest absolute Gasteiger partial charge is 0.306 e. The highest BCUT2D eigenvalue weighted by molar-refractivity contribution is 5.71. The molecule has 0 aliphatic rings. The van der Waals surface area contributed by atoms with Crippen LogP contribution in [-0.4, -0.2) is 37.2 Å². The third-order valence-corrected chi connectivity index (χ3v) is 15.6. The van der Waals surface area contributed by atoms with Crippen LogP contribution in [-0.2, 0) is 28.6 Å². The Hall–Kier alpha value is -3.41. The maximum absolute atomic E-state index is 12.9. The lowest BCUT2D eigenvalue weighted by molar-refractivity contribution is -0.167. The minimum Gasteiger partial charge on any atom is -0.462 e. The molecule has 0 aromatic rings. The summed E-state index contributed by atoms with van der Waals surface area (Å²) in [7, 11) is 0. The van der Waals surface area contributed by atoms with Crippen LogP contribution in [0.15, 0.2) is 85.1 Å². The van der Waals surface area contributed by atoms with E-state index in [1.807, 2.05) is 0 Å². The lowest BCUT2D eigenvalue weighted by atomic mass is 10.0. The maximum Gasteiger partial charge on any atom is 0.306 e. The third-order valence-electron chi connectivity index (χ3n) is 15.6. The van der Waals surface area contributed by atoms with Crippen molar-refractivity contribution >= 4 is 17.9 Å². The molecule has 6 nitrogen and oxygen atoms in total. The molecule has 0 amide bonds. The summed E-state index contributed by atoms with van der Waals surface area (Å²) in [6, 6.07) is 0. The van der Waals surface area contributed by atoms with Gasteiger partial charge in [-0.05, 0) is 89.9 Å². The molecule has 6 heteroatoms. The summed E-state index contributed by atoms with van der Waals surface area (Å²) in [6.45, 7) is 6.51. The van der Waals surface area contributed by atoms with Crippen molar-refractivity contribution in [1.29, 1.82) is 0 Å². The second-order valence-corrected chi connectivity index (χ2v) is 23.8. The molecule has 82 heavy (non-hydrogen) atoms. The van der Waals surface area contributed by atoms with E-state index in [0.29, 0.717) is 19.3 Å². The van der Waals surface area contributed by atoms with Crippen LogP contribution >= 0.6 is 0 Å². The number of carbonyl (C=O) groups excluding carboxylic acids is 3. The second-order valence-electron chi connectivity index (χ2n) is 23.8. The Morgan fingerprint density at radius 3 is 0.805 bits per heavy atom. The fourth-order valence-electron chi connectivity index (χ4n) is 10.3. The van der Waals surface area contributed by atoms with Crippen LogP contribution in [0.2, 0.25) is 0 Å². The summed E-state index contributed by atoms with van der Waals surface area (Å²) in [5, 5.41) is 0. The summed E-state index contributed by atoms with van der Waals surface area (Å²) >= 11 is 0. The molecule has 0 saturated carbocycles. The Kier molecular flexibility index (Phi) is 67.2. The van der Waals surface area contributed by atoms with Gasteiger partial charge in [-0.2, -0.15) is 0 Å². The molecule has 1 unspecified atom stereocenters. The van der Waals surface area contributed by atoms with Crippen LogP contribution in [0.25, 0.3) is 0 Å². The van der Waals surface area contributed by atoms with Gasteiger partial charge in [-0.1, -0.05) is 337 Å². The Bertz CT molecular complexity index is 1550. The first-order chi connectivity index (χ1) is 40.5. The molecule has 0 fully saturated rings. The minimum atomic E-state index is -0.776. The molecule has 0 bridgehead atoms. The predicted octanol–water partition coefficient (Wildman–Crippen LogP) is 24.6. The molecule has 1 atom stereocenters. The molecule has 0 aliphatic carbocycles. The van der Waals surface area contributed by atoms with Crippen molar-refractivity contribution in [1.82, 2.24) is 0 Å². The third kappa shape index (κ3) is 67.4. The van der Waals surface area contributed by atoms with Crippen molar-refractivity contribution < 1.29 is 28.6 Å². The quantitative estimate of drug-likeness (QED) is 0.0261. The molecule has 0 heterocycles. The van der Waals surface area contributed by atoms with E-state index >= 15 is 0 Å². The van der Waals surface area contributed by atoms with E-state index in [4.69, 9.17) is 14.2 Å². The fourth-order valence-corrected chi connectivity index (χ4v) is 10.3. The van der Waals surface area contributed by atoms with Gasteiger partial charge in [-0.25, -0.2) is 0 Å². The Morgan fingerprint density at radius 2 is 0.500 bits per heavy atom. The zero-order valence-corrected chi connectivity index (χ0v) is 54.5. The van der Waals surface area contributed by atoms with Crippen LogP contribution in [0.1, 0.15) is 361 Å². The van der Waals surface area contributed by atoms with Crippen molar-refractivity contribution in [2.75, 3.05) is 13.2 Å². The van der Waals surface area contributed by atoms with Gasteiger partial charge in [0.15, 0.2) is 6.10 Å². The molecular formula is C76H134O6. The van der Waals surface area contributed by atoms with Crippen LogP contribution in [0, 0.1) is 0 Å². The van der Waals surface area contributed by atoms with Gasteiger partial charge in [-0.3, -0.25) is 14.4 Å². The zero-order valence-electron chi connectivity index (χ0n) is 54.5. The maximum atomic E-state index is 12.9. The highest BCUT2D eigenvalue weighted by Gasteiger charge is 2.19. The predicted molar refractivity (Wildman–Crippen MR) is 358 cm³/mol. The molecule has 0 radical (unpaired) electrons. The summed E-state index contributed by atoms with van der Waals surface area (Å²) in [4.78, 5) is 38.3. The summed E-state index contributed by atoms with van der Waals surface area (Å²) in [6.07, 6.45) is 93.5. The normalized spacial score (nSPS) is 12.6. The van der Waals surface area contributed by atoms with Gasteiger partial charge in [0, 0.05) is 19.3 Å². The molecule has 0 aromatic heterocycles. The zero-order chi connectivity index (χ0) is 59.2. The second kappa shape index (κ2) is 70.1. The molecule has 474 valence electrons. The van der Waals surface area contributed by atoms with E-state index in [2.05, 4.69) is 106 Å². The van der Waals surface area contributed by atoms with Gasteiger partial charge in [0.2, 0.25) is 0 Å². The topological polar surface area (TPSA) is 78.9 Å². The highest BCUT2D eigenvalue weighted by atomic mass is 16.6. The molecule has 0 rings (SSSR count). The number of carbonyl (C=O) groups is 3. The van der Waals surface area contributed by atoms with Gasteiger partial charge >= 0.3 is 17.9 Å². The molecular weight excluding hydrogens is 1010 g/mol. The first-order valence-electron chi connectivity index (χ1n) is 35.6. The number of allylic oxidation sites excluding steroid dienone is 14. The van der Waals surface area contributed by atoms with Gasteiger partial charge in [0.25, 0.3) is 0 Å².